The number of aromatic nitrogens is 1. The topological polar surface area (TPSA) is 63.6 Å². The molecule has 6 heteroatoms. The van der Waals surface area contributed by atoms with Crippen LogP contribution in [0.1, 0.15) is 21.7 Å². The molecule has 3 aromatic rings. The number of rotatable bonds is 5. The lowest BCUT2D eigenvalue weighted by Gasteiger charge is -2.20. The molecule has 1 aliphatic heterocycles. The summed E-state index contributed by atoms with van der Waals surface area (Å²) in [6.07, 6.45) is 1.14. The van der Waals surface area contributed by atoms with Gasteiger partial charge in [0.25, 0.3) is 5.91 Å². The van der Waals surface area contributed by atoms with E-state index in [1.54, 1.807) is 7.11 Å². The van der Waals surface area contributed by atoms with Gasteiger partial charge in [0, 0.05) is 37.4 Å². The molecular weight excluding hydrogens is 378 g/mol. The lowest BCUT2D eigenvalue weighted by Crippen LogP contribution is -2.35. The highest BCUT2D eigenvalue weighted by Gasteiger charge is 2.22. The molecule has 6 nitrogen and oxygen atoms in total. The molecule has 30 heavy (non-hydrogen) atoms. The fraction of sp³-hybridized carbons (Fsp3) is 0.250. The molecule has 2 amide bonds. The summed E-state index contributed by atoms with van der Waals surface area (Å²) in [4.78, 5) is 27.5. The minimum absolute atomic E-state index is 0.121. The number of ether oxygens (including phenoxy) is 1. The lowest BCUT2D eigenvalue weighted by molar-refractivity contribution is -0.130. The summed E-state index contributed by atoms with van der Waals surface area (Å²) < 4.78 is 7.17. The minimum atomic E-state index is -0.157. The fourth-order valence-corrected chi connectivity index (χ4v) is 3.77. The van der Waals surface area contributed by atoms with E-state index in [2.05, 4.69) is 5.32 Å². The van der Waals surface area contributed by atoms with E-state index in [-0.39, 0.29) is 11.8 Å². The molecule has 0 spiro atoms. The van der Waals surface area contributed by atoms with Gasteiger partial charge in [0.2, 0.25) is 5.91 Å². The van der Waals surface area contributed by atoms with Crippen LogP contribution < -0.4 is 10.1 Å². The van der Waals surface area contributed by atoms with Crippen LogP contribution in [0.2, 0.25) is 0 Å². The van der Waals surface area contributed by atoms with Gasteiger partial charge < -0.3 is 19.5 Å². The number of carbonyl (C=O) groups is 2. The highest BCUT2D eigenvalue weighted by molar-refractivity contribution is 6.03. The van der Waals surface area contributed by atoms with Crippen LogP contribution in [0, 0.1) is 0 Å². The molecular formula is C24H25N3O3. The first kappa shape index (κ1) is 19.8. The third kappa shape index (κ3) is 4.38. The second-order valence-electron chi connectivity index (χ2n) is 7.34. The van der Waals surface area contributed by atoms with Crippen LogP contribution in [0.4, 0.5) is 5.69 Å². The molecule has 0 saturated heterocycles. The predicted molar refractivity (Wildman–Crippen MR) is 116 cm³/mol. The molecule has 2 heterocycles. The van der Waals surface area contributed by atoms with Crippen molar-refractivity contribution in [2.45, 2.75) is 19.4 Å². The van der Waals surface area contributed by atoms with Gasteiger partial charge in [-0.3, -0.25) is 9.59 Å². The van der Waals surface area contributed by atoms with Crippen molar-refractivity contribution >= 4 is 17.5 Å². The zero-order valence-corrected chi connectivity index (χ0v) is 17.0. The number of nitrogens with one attached hydrogen (secondary N) is 1. The molecule has 0 fully saturated rings. The van der Waals surface area contributed by atoms with Crippen LogP contribution in [0.15, 0.2) is 66.7 Å². The molecule has 0 atom stereocenters. The highest BCUT2D eigenvalue weighted by Crippen LogP contribution is 2.19. The molecule has 4 rings (SSSR count). The SMILES string of the molecule is COc1ccc(NC(=O)c2ccc3n2CCN(C(=O)Cc2ccccc2)CC3)cc1. The normalized spacial score (nSPS) is 13.3. The average Bonchev–Trinajstić information content (AvgIpc) is 3.06. The Morgan fingerprint density at radius 2 is 1.70 bits per heavy atom. The molecule has 154 valence electrons. The number of methoxy groups -OCH3 is 1. The van der Waals surface area contributed by atoms with Gasteiger partial charge in [-0.1, -0.05) is 30.3 Å². The van der Waals surface area contributed by atoms with Crippen molar-refractivity contribution in [1.82, 2.24) is 9.47 Å². The lowest BCUT2D eigenvalue weighted by atomic mass is 10.1. The number of nitrogens with zero attached hydrogens (tertiary/aromatic N) is 2. The zero-order valence-electron chi connectivity index (χ0n) is 17.0. The number of amides is 2. The maximum atomic E-state index is 12.8. The number of carbonyl (C=O) groups excluding carboxylic acids is 2. The van der Waals surface area contributed by atoms with Gasteiger partial charge in [-0.2, -0.15) is 0 Å². The summed E-state index contributed by atoms with van der Waals surface area (Å²) in [5.41, 5.74) is 3.42. The maximum absolute atomic E-state index is 12.8. The Morgan fingerprint density at radius 3 is 2.43 bits per heavy atom. The van der Waals surface area contributed by atoms with Gasteiger partial charge in [-0.25, -0.2) is 0 Å². The van der Waals surface area contributed by atoms with Crippen molar-refractivity contribution in [3.63, 3.8) is 0 Å². The van der Waals surface area contributed by atoms with Gasteiger partial charge in [0.15, 0.2) is 0 Å². The summed E-state index contributed by atoms with van der Waals surface area (Å²) in [5.74, 6) is 0.705. The van der Waals surface area contributed by atoms with E-state index in [1.807, 2.05) is 76.2 Å². The zero-order chi connectivity index (χ0) is 20.9. The second-order valence-corrected chi connectivity index (χ2v) is 7.34. The quantitative estimate of drug-likeness (QED) is 0.710. The van der Waals surface area contributed by atoms with Crippen LogP contribution >= 0.6 is 0 Å². The molecule has 0 aliphatic carbocycles. The third-order valence-electron chi connectivity index (χ3n) is 5.43. The Kier molecular flexibility index (Phi) is 5.84. The number of hydrogen-bond acceptors (Lipinski definition) is 3. The Bertz CT molecular complexity index is 1030. The average molecular weight is 403 g/mol. The summed E-state index contributed by atoms with van der Waals surface area (Å²) in [6.45, 7) is 1.86. The van der Waals surface area contributed by atoms with E-state index >= 15 is 0 Å². The van der Waals surface area contributed by atoms with Crippen LogP contribution in [-0.2, 0) is 24.2 Å². The van der Waals surface area contributed by atoms with E-state index in [0.29, 0.717) is 37.4 Å². The first-order valence-corrected chi connectivity index (χ1v) is 10.1. The van der Waals surface area contributed by atoms with Crippen LogP contribution in [0.5, 0.6) is 5.75 Å². The maximum Gasteiger partial charge on any atom is 0.272 e. The largest absolute Gasteiger partial charge is 0.497 e. The highest BCUT2D eigenvalue weighted by atomic mass is 16.5. The molecule has 1 aromatic heterocycles. The number of anilines is 1. The fourth-order valence-electron chi connectivity index (χ4n) is 3.77. The number of fused-ring (bicyclic) bond motifs is 1. The van der Waals surface area contributed by atoms with Crippen molar-refractivity contribution in [2.24, 2.45) is 0 Å². The van der Waals surface area contributed by atoms with E-state index < -0.39 is 0 Å². The van der Waals surface area contributed by atoms with E-state index in [0.717, 1.165) is 23.4 Å². The van der Waals surface area contributed by atoms with Gasteiger partial charge in [0.1, 0.15) is 11.4 Å². The Labute approximate surface area is 176 Å². The van der Waals surface area contributed by atoms with Gasteiger partial charge in [0.05, 0.1) is 13.5 Å². The molecule has 0 unspecified atom stereocenters. The van der Waals surface area contributed by atoms with Gasteiger partial charge >= 0.3 is 0 Å². The first-order chi connectivity index (χ1) is 14.6. The smallest absolute Gasteiger partial charge is 0.272 e. The molecule has 0 radical (unpaired) electrons. The summed E-state index contributed by atoms with van der Waals surface area (Å²) in [5, 5.41) is 2.94. The number of benzene rings is 2. The monoisotopic (exact) mass is 403 g/mol. The summed E-state index contributed by atoms with van der Waals surface area (Å²) in [6, 6.07) is 20.9. The van der Waals surface area contributed by atoms with Crippen LogP contribution in [0.3, 0.4) is 0 Å². The standard InChI is InChI=1S/C24H25N3O3/c1-30-21-10-7-19(8-11-21)25-24(29)22-12-9-20-13-14-26(15-16-27(20)22)23(28)17-18-5-3-2-4-6-18/h2-12H,13-17H2,1H3,(H,25,29). The molecule has 2 aromatic carbocycles. The van der Waals surface area contributed by atoms with Crippen molar-refractivity contribution in [3.8, 4) is 5.75 Å². The van der Waals surface area contributed by atoms with E-state index in [9.17, 15) is 9.59 Å². The predicted octanol–water partition coefficient (Wildman–Crippen LogP) is 3.38. The number of hydrogen-bond donors (Lipinski definition) is 1. The van der Waals surface area contributed by atoms with E-state index in [1.165, 1.54) is 0 Å². The van der Waals surface area contributed by atoms with Crippen LogP contribution in [-0.4, -0.2) is 41.5 Å². The minimum Gasteiger partial charge on any atom is -0.497 e. The third-order valence-corrected chi connectivity index (χ3v) is 5.43. The van der Waals surface area contributed by atoms with Gasteiger partial charge in [-0.05, 0) is 42.0 Å². The Hall–Kier alpha value is -3.54. The summed E-state index contributed by atoms with van der Waals surface area (Å²) >= 11 is 0. The van der Waals surface area contributed by atoms with Crippen molar-refractivity contribution in [3.05, 3.63) is 83.7 Å². The van der Waals surface area contributed by atoms with Crippen molar-refractivity contribution < 1.29 is 14.3 Å². The molecule has 1 aliphatic rings. The second kappa shape index (κ2) is 8.86. The Balaban J connectivity index is 1.42. The molecule has 0 bridgehead atoms. The van der Waals surface area contributed by atoms with E-state index in [4.69, 9.17) is 4.74 Å². The van der Waals surface area contributed by atoms with Crippen molar-refractivity contribution in [1.29, 1.82) is 0 Å². The van der Waals surface area contributed by atoms with Gasteiger partial charge in [-0.15, -0.1) is 0 Å². The molecule has 1 N–H and O–H groups in total. The molecule has 0 saturated carbocycles. The summed E-state index contributed by atoms with van der Waals surface area (Å²) in [7, 11) is 1.61. The first-order valence-electron chi connectivity index (χ1n) is 10.1. The van der Waals surface area contributed by atoms with Crippen LogP contribution in [0.25, 0.3) is 0 Å². The Morgan fingerprint density at radius 1 is 0.933 bits per heavy atom. The van der Waals surface area contributed by atoms with Crippen molar-refractivity contribution in [2.75, 3.05) is 25.5 Å².